The van der Waals surface area contributed by atoms with Crippen molar-refractivity contribution in [2.45, 2.75) is 18.7 Å². The zero-order chi connectivity index (χ0) is 8.36. The Kier molecular flexibility index (Phi) is 3.23. The molecule has 0 aliphatic heterocycles. The second-order valence-electron chi connectivity index (χ2n) is 1.50. The normalized spacial score (nSPS) is 16.2. The number of rotatable bonds is 3. The molecule has 0 bridgehead atoms. The van der Waals surface area contributed by atoms with E-state index < -0.39 is 29.2 Å². The highest BCUT2D eigenvalue weighted by molar-refractivity contribution is 5.98. The fraction of sp³-hybridized carbons (Fsp3) is 1.00. The van der Waals surface area contributed by atoms with Gasteiger partial charge in [0.1, 0.15) is 0 Å². The molecule has 0 amide bonds. The molecule has 0 aromatic heterocycles. The standard InChI is InChI=1S/C3H5F5OSi/c4-1(2(5)6)3(7,8)9-10/h1-2H,10H3. The van der Waals surface area contributed by atoms with E-state index in [1.165, 1.54) is 0 Å². The Morgan fingerprint density at radius 2 is 1.60 bits per heavy atom. The van der Waals surface area contributed by atoms with Crippen molar-refractivity contribution in [3.63, 3.8) is 0 Å². The van der Waals surface area contributed by atoms with Gasteiger partial charge in [0, 0.05) is 0 Å². The largest absolute Gasteiger partial charge is 0.383 e. The Labute approximate surface area is 56.7 Å². The summed E-state index contributed by atoms with van der Waals surface area (Å²) in [6.07, 6.45) is -11.6. The van der Waals surface area contributed by atoms with Crippen LogP contribution in [0.15, 0.2) is 0 Å². The molecule has 10 heavy (non-hydrogen) atoms. The highest BCUT2D eigenvalue weighted by Gasteiger charge is 2.46. The predicted octanol–water partition coefficient (Wildman–Crippen LogP) is 0.479. The zero-order valence-corrected chi connectivity index (χ0v) is 6.95. The predicted molar refractivity (Wildman–Crippen MR) is 26.9 cm³/mol. The van der Waals surface area contributed by atoms with Crippen LogP contribution in [-0.4, -0.2) is 29.2 Å². The lowest BCUT2D eigenvalue weighted by atomic mass is 10.4. The molecule has 0 radical (unpaired) electrons. The average molecular weight is 180 g/mol. The molecule has 1 nitrogen and oxygen atoms in total. The van der Waals surface area contributed by atoms with Crippen molar-refractivity contribution < 1.29 is 26.4 Å². The summed E-state index contributed by atoms with van der Waals surface area (Å²) in [5.74, 6) is 0. The van der Waals surface area contributed by atoms with Gasteiger partial charge in [0.05, 0.1) is 0 Å². The lowest BCUT2D eigenvalue weighted by molar-refractivity contribution is -0.243. The van der Waals surface area contributed by atoms with E-state index in [9.17, 15) is 22.0 Å². The van der Waals surface area contributed by atoms with Crippen molar-refractivity contribution in [2.75, 3.05) is 0 Å². The first-order valence-electron chi connectivity index (χ1n) is 2.27. The number of hydrogen-bond donors (Lipinski definition) is 0. The molecule has 0 rings (SSSR count). The third-order valence-electron chi connectivity index (χ3n) is 0.814. The van der Waals surface area contributed by atoms with Crippen LogP contribution < -0.4 is 0 Å². The van der Waals surface area contributed by atoms with Gasteiger partial charge in [-0.1, -0.05) is 0 Å². The first-order valence-corrected chi connectivity index (χ1v) is 3.08. The maximum Gasteiger partial charge on any atom is 0.383 e. The van der Waals surface area contributed by atoms with Crippen molar-refractivity contribution in [2.24, 2.45) is 0 Å². The highest BCUT2D eigenvalue weighted by atomic mass is 28.2. The second-order valence-corrected chi connectivity index (χ2v) is 1.91. The third-order valence-corrected chi connectivity index (χ3v) is 1.36. The fourth-order valence-corrected chi connectivity index (χ4v) is 0.484. The minimum absolute atomic E-state index is 0.482. The molecule has 1 atom stereocenters. The van der Waals surface area contributed by atoms with Crippen LogP contribution in [0.2, 0.25) is 0 Å². The summed E-state index contributed by atoms with van der Waals surface area (Å²) < 4.78 is 60.9. The Balaban J connectivity index is 4.03. The van der Waals surface area contributed by atoms with Gasteiger partial charge in [0.25, 0.3) is 6.43 Å². The van der Waals surface area contributed by atoms with E-state index in [1.54, 1.807) is 0 Å². The summed E-state index contributed by atoms with van der Waals surface area (Å²) in [4.78, 5) is 0. The van der Waals surface area contributed by atoms with Gasteiger partial charge >= 0.3 is 6.11 Å². The maximum atomic E-state index is 11.8. The Morgan fingerprint density at radius 1 is 1.20 bits per heavy atom. The van der Waals surface area contributed by atoms with Crippen LogP contribution in [-0.2, 0) is 4.43 Å². The van der Waals surface area contributed by atoms with Gasteiger partial charge in [-0.2, -0.15) is 8.78 Å². The molecular weight excluding hydrogens is 175 g/mol. The van der Waals surface area contributed by atoms with Crippen LogP contribution in [0.1, 0.15) is 0 Å². The van der Waals surface area contributed by atoms with E-state index in [2.05, 4.69) is 4.43 Å². The molecule has 0 saturated carbocycles. The van der Waals surface area contributed by atoms with E-state index in [1.807, 2.05) is 0 Å². The molecule has 1 unspecified atom stereocenters. The van der Waals surface area contributed by atoms with Crippen LogP contribution in [0.4, 0.5) is 22.0 Å². The summed E-state index contributed by atoms with van der Waals surface area (Å²) in [5.41, 5.74) is 0. The highest BCUT2D eigenvalue weighted by Crippen LogP contribution is 2.26. The SMILES string of the molecule is FC(F)C(F)C(F)(F)O[SiH3]. The third kappa shape index (κ3) is 2.22. The number of hydrogen-bond acceptors (Lipinski definition) is 1. The first-order chi connectivity index (χ1) is 4.41. The molecule has 7 heteroatoms. The molecule has 0 N–H and O–H groups in total. The summed E-state index contributed by atoms with van der Waals surface area (Å²) in [6, 6.07) is 0. The Bertz CT molecular complexity index is 107. The van der Waals surface area contributed by atoms with Crippen LogP contribution in [0.3, 0.4) is 0 Å². The molecule has 0 aromatic rings. The summed E-state index contributed by atoms with van der Waals surface area (Å²) in [7, 11) is -0.482. The van der Waals surface area contributed by atoms with Gasteiger partial charge in [-0.3, -0.25) is 0 Å². The fourth-order valence-electron chi connectivity index (χ4n) is 0.259. The zero-order valence-electron chi connectivity index (χ0n) is 4.95. The smallest absolute Gasteiger partial charge is 0.371 e. The molecule has 0 saturated heterocycles. The summed E-state index contributed by atoms with van der Waals surface area (Å²) in [5, 5.41) is 0. The quantitative estimate of drug-likeness (QED) is 0.453. The van der Waals surface area contributed by atoms with Gasteiger partial charge in [0.2, 0.25) is 6.17 Å². The first kappa shape index (κ1) is 9.83. The lowest BCUT2D eigenvalue weighted by Crippen LogP contribution is -2.37. The van der Waals surface area contributed by atoms with E-state index in [0.29, 0.717) is 0 Å². The molecular formula is C3H5F5OSi. The van der Waals surface area contributed by atoms with Gasteiger partial charge in [-0.05, 0) is 0 Å². The molecule has 0 aromatic carbocycles. The number of halogens is 5. The van der Waals surface area contributed by atoms with Crippen molar-refractivity contribution in [3.8, 4) is 0 Å². The summed E-state index contributed by atoms with van der Waals surface area (Å²) in [6.45, 7) is 0. The summed E-state index contributed by atoms with van der Waals surface area (Å²) >= 11 is 0. The van der Waals surface area contributed by atoms with Gasteiger partial charge in [-0.15, -0.1) is 0 Å². The van der Waals surface area contributed by atoms with Crippen LogP contribution in [0.5, 0.6) is 0 Å². The van der Waals surface area contributed by atoms with E-state index in [0.717, 1.165) is 0 Å². The van der Waals surface area contributed by atoms with Crippen molar-refractivity contribution in [3.05, 3.63) is 0 Å². The minimum Gasteiger partial charge on any atom is -0.371 e. The van der Waals surface area contributed by atoms with Gasteiger partial charge in [-0.25, -0.2) is 13.2 Å². The topological polar surface area (TPSA) is 9.23 Å². The molecule has 0 spiro atoms. The van der Waals surface area contributed by atoms with Crippen LogP contribution >= 0.6 is 0 Å². The average Bonchev–Trinajstić information content (AvgIpc) is 1.86. The maximum absolute atomic E-state index is 11.8. The lowest BCUT2D eigenvalue weighted by Gasteiger charge is -2.17. The van der Waals surface area contributed by atoms with Crippen LogP contribution in [0, 0.1) is 0 Å². The molecule has 0 fully saturated rings. The molecule has 62 valence electrons. The monoisotopic (exact) mass is 180 g/mol. The van der Waals surface area contributed by atoms with Gasteiger partial charge < -0.3 is 4.43 Å². The van der Waals surface area contributed by atoms with Crippen LogP contribution in [0.25, 0.3) is 0 Å². The molecule has 0 aliphatic rings. The van der Waals surface area contributed by atoms with Crippen molar-refractivity contribution in [1.82, 2.24) is 0 Å². The Hall–Kier alpha value is -0.173. The van der Waals surface area contributed by atoms with E-state index in [4.69, 9.17) is 0 Å². The Morgan fingerprint density at radius 3 is 1.70 bits per heavy atom. The second kappa shape index (κ2) is 3.29. The van der Waals surface area contributed by atoms with Gasteiger partial charge in [0.15, 0.2) is 10.5 Å². The van der Waals surface area contributed by atoms with Crippen molar-refractivity contribution >= 4 is 10.5 Å². The minimum atomic E-state index is -4.33. The van der Waals surface area contributed by atoms with Crippen molar-refractivity contribution in [1.29, 1.82) is 0 Å². The van der Waals surface area contributed by atoms with E-state index >= 15 is 0 Å². The number of alkyl halides is 5. The molecule has 0 aliphatic carbocycles. The van der Waals surface area contributed by atoms with E-state index in [-0.39, 0.29) is 0 Å². The molecule has 0 heterocycles.